The second kappa shape index (κ2) is 5.85. The molecule has 0 aromatic carbocycles. The molecule has 0 aliphatic rings. The second-order valence-corrected chi connectivity index (χ2v) is 3.07. The van der Waals surface area contributed by atoms with Crippen molar-refractivity contribution < 1.29 is 18.0 Å². The zero-order valence-electron chi connectivity index (χ0n) is 8.32. The van der Waals surface area contributed by atoms with Crippen LogP contribution in [0, 0.1) is 0 Å². The number of halogens is 3. The van der Waals surface area contributed by atoms with Crippen molar-refractivity contribution in [3.8, 4) is 0 Å². The van der Waals surface area contributed by atoms with Crippen molar-refractivity contribution in [3.05, 3.63) is 0 Å². The summed E-state index contributed by atoms with van der Waals surface area (Å²) in [6.07, 6.45) is -3.61. The molecule has 0 radical (unpaired) electrons. The van der Waals surface area contributed by atoms with Crippen LogP contribution in [0.1, 0.15) is 12.8 Å². The molecule has 0 fully saturated rings. The van der Waals surface area contributed by atoms with E-state index in [1.165, 1.54) is 0 Å². The molecule has 14 heavy (non-hydrogen) atoms. The minimum absolute atomic E-state index is 0.146. The number of hydrogen-bond acceptors (Lipinski definition) is 2. The van der Waals surface area contributed by atoms with Crippen LogP contribution >= 0.6 is 0 Å². The quantitative estimate of drug-likeness (QED) is 0.690. The maximum absolute atomic E-state index is 11.8. The molecule has 84 valence electrons. The molecule has 0 spiro atoms. The Kier molecular flexibility index (Phi) is 5.52. The molecule has 1 N–H and O–H groups in total. The monoisotopic (exact) mass is 212 g/mol. The molecule has 0 aliphatic carbocycles. The Morgan fingerprint density at radius 1 is 1.43 bits per heavy atom. The van der Waals surface area contributed by atoms with Crippen molar-refractivity contribution in [2.24, 2.45) is 0 Å². The third kappa shape index (κ3) is 6.71. The van der Waals surface area contributed by atoms with Gasteiger partial charge in [-0.1, -0.05) is 0 Å². The highest BCUT2D eigenvalue weighted by Gasteiger charge is 2.30. The van der Waals surface area contributed by atoms with Crippen molar-refractivity contribution in [1.29, 1.82) is 0 Å². The molecule has 0 saturated carbocycles. The summed E-state index contributed by atoms with van der Waals surface area (Å²) in [6.45, 7) is -0.545. The van der Waals surface area contributed by atoms with Gasteiger partial charge >= 0.3 is 6.18 Å². The molecule has 1 amide bonds. The molecule has 6 heteroatoms. The second-order valence-electron chi connectivity index (χ2n) is 3.07. The normalized spacial score (nSPS) is 11.5. The van der Waals surface area contributed by atoms with Crippen LogP contribution in [0.4, 0.5) is 13.2 Å². The van der Waals surface area contributed by atoms with Gasteiger partial charge in [-0.3, -0.25) is 4.79 Å². The molecular formula is C8H15F3N2O. The summed E-state index contributed by atoms with van der Waals surface area (Å²) in [6, 6.07) is 0. The van der Waals surface area contributed by atoms with E-state index in [1.807, 2.05) is 0 Å². The fraction of sp³-hybridized carbons (Fsp3) is 0.875. The van der Waals surface area contributed by atoms with Crippen molar-refractivity contribution in [2.45, 2.75) is 19.0 Å². The number of carbonyl (C=O) groups excluding carboxylic acids is 1. The highest BCUT2D eigenvalue weighted by Crippen LogP contribution is 2.15. The number of alkyl halides is 3. The molecular weight excluding hydrogens is 197 g/mol. The number of rotatable bonds is 5. The molecule has 0 heterocycles. The molecule has 3 nitrogen and oxygen atoms in total. The van der Waals surface area contributed by atoms with E-state index in [0.29, 0.717) is 17.9 Å². The van der Waals surface area contributed by atoms with Gasteiger partial charge < -0.3 is 10.2 Å². The first-order valence-electron chi connectivity index (χ1n) is 4.32. The summed E-state index contributed by atoms with van der Waals surface area (Å²) in [4.78, 5) is 11.8. The van der Waals surface area contributed by atoms with E-state index in [1.54, 1.807) is 7.05 Å². The van der Waals surface area contributed by atoms with E-state index in [9.17, 15) is 18.0 Å². The first kappa shape index (κ1) is 13.2. The lowest BCUT2D eigenvalue weighted by molar-refractivity contribution is -0.158. The average Bonchev–Trinajstić information content (AvgIpc) is 2.01. The molecule has 0 rings (SSSR count). The molecule has 0 atom stereocenters. The summed E-state index contributed by atoms with van der Waals surface area (Å²) >= 11 is 0. The van der Waals surface area contributed by atoms with Gasteiger partial charge in [0.2, 0.25) is 5.91 Å². The van der Waals surface area contributed by atoms with Crippen molar-refractivity contribution in [1.82, 2.24) is 10.2 Å². The SMILES string of the molecule is CNCCCC(=O)N(C)CC(F)(F)F. The van der Waals surface area contributed by atoms with Gasteiger partial charge in [-0.25, -0.2) is 0 Å². The van der Waals surface area contributed by atoms with Gasteiger partial charge in [0.15, 0.2) is 0 Å². The van der Waals surface area contributed by atoms with Crippen LogP contribution in [0.5, 0.6) is 0 Å². The first-order valence-corrected chi connectivity index (χ1v) is 4.32. The van der Waals surface area contributed by atoms with Gasteiger partial charge in [0.1, 0.15) is 6.54 Å². The fourth-order valence-corrected chi connectivity index (χ4v) is 0.964. The number of nitrogens with zero attached hydrogens (tertiary/aromatic N) is 1. The van der Waals surface area contributed by atoms with Crippen LogP contribution in [-0.2, 0) is 4.79 Å². The number of carbonyl (C=O) groups is 1. The van der Waals surface area contributed by atoms with Crippen molar-refractivity contribution >= 4 is 5.91 Å². The third-order valence-corrected chi connectivity index (χ3v) is 1.66. The molecule has 0 aromatic heterocycles. The van der Waals surface area contributed by atoms with Crippen LogP contribution in [0.3, 0.4) is 0 Å². The smallest absolute Gasteiger partial charge is 0.337 e. The Labute approximate surface area is 81.3 Å². The number of hydrogen-bond donors (Lipinski definition) is 1. The zero-order valence-corrected chi connectivity index (χ0v) is 8.32. The Hall–Kier alpha value is -0.780. The lowest BCUT2D eigenvalue weighted by atomic mass is 10.3. The summed E-state index contributed by atoms with van der Waals surface area (Å²) in [5.74, 6) is -0.474. The summed E-state index contributed by atoms with van der Waals surface area (Å²) in [5, 5.41) is 2.82. The van der Waals surface area contributed by atoms with Gasteiger partial charge in [0.25, 0.3) is 0 Å². The van der Waals surface area contributed by atoms with E-state index < -0.39 is 18.6 Å². The van der Waals surface area contributed by atoms with Gasteiger partial charge in [-0.2, -0.15) is 13.2 Å². The minimum Gasteiger partial charge on any atom is -0.337 e. The van der Waals surface area contributed by atoms with E-state index in [-0.39, 0.29) is 6.42 Å². The topological polar surface area (TPSA) is 32.3 Å². The highest BCUT2D eigenvalue weighted by atomic mass is 19.4. The lowest BCUT2D eigenvalue weighted by Crippen LogP contribution is -2.35. The first-order chi connectivity index (χ1) is 6.37. The molecule has 0 aromatic rings. The zero-order chi connectivity index (χ0) is 11.2. The van der Waals surface area contributed by atoms with Crippen LogP contribution in [0.25, 0.3) is 0 Å². The minimum atomic E-state index is -4.31. The number of amides is 1. The largest absolute Gasteiger partial charge is 0.406 e. The Bertz CT molecular complexity index is 182. The van der Waals surface area contributed by atoms with Gasteiger partial charge in [0.05, 0.1) is 0 Å². The van der Waals surface area contributed by atoms with E-state index in [0.717, 1.165) is 7.05 Å². The van der Waals surface area contributed by atoms with E-state index >= 15 is 0 Å². The number of nitrogens with one attached hydrogen (secondary N) is 1. The predicted molar refractivity (Wildman–Crippen MR) is 46.9 cm³/mol. The standard InChI is InChI=1S/C8H15F3N2O/c1-12-5-3-4-7(14)13(2)6-8(9,10)11/h12H,3-6H2,1-2H3. The molecule has 0 unspecified atom stereocenters. The van der Waals surface area contributed by atoms with E-state index in [2.05, 4.69) is 5.32 Å². The predicted octanol–water partition coefficient (Wildman–Crippen LogP) is 1.01. The van der Waals surface area contributed by atoms with Gasteiger partial charge in [-0.05, 0) is 20.0 Å². The Morgan fingerprint density at radius 3 is 2.43 bits per heavy atom. The molecule has 0 saturated heterocycles. The summed E-state index contributed by atoms with van der Waals surface area (Å²) in [7, 11) is 2.89. The highest BCUT2D eigenvalue weighted by molar-refractivity contribution is 5.75. The van der Waals surface area contributed by atoms with Crippen LogP contribution < -0.4 is 5.32 Å². The maximum atomic E-state index is 11.8. The van der Waals surface area contributed by atoms with E-state index in [4.69, 9.17) is 0 Å². The molecule has 0 aliphatic heterocycles. The summed E-state index contributed by atoms with van der Waals surface area (Å²) in [5.41, 5.74) is 0. The van der Waals surface area contributed by atoms with Gasteiger partial charge in [0, 0.05) is 13.5 Å². The van der Waals surface area contributed by atoms with Crippen LogP contribution in [0.2, 0.25) is 0 Å². The molecule has 0 bridgehead atoms. The van der Waals surface area contributed by atoms with Crippen LogP contribution in [-0.4, -0.2) is 44.2 Å². The third-order valence-electron chi connectivity index (χ3n) is 1.66. The Balaban J connectivity index is 3.77. The maximum Gasteiger partial charge on any atom is 0.406 e. The van der Waals surface area contributed by atoms with Crippen molar-refractivity contribution in [2.75, 3.05) is 27.2 Å². The average molecular weight is 212 g/mol. The van der Waals surface area contributed by atoms with Gasteiger partial charge in [-0.15, -0.1) is 0 Å². The fourth-order valence-electron chi connectivity index (χ4n) is 0.964. The Morgan fingerprint density at radius 2 is 2.00 bits per heavy atom. The van der Waals surface area contributed by atoms with Crippen LogP contribution in [0.15, 0.2) is 0 Å². The lowest BCUT2D eigenvalue weighted by Gasteiger charge is -2.18. The van der Waals surface area contributed by atoms with Crippen molar-refractivity contribution in [3.63, 3.8) is 0 Å². The summed E-state index contributed by atoms with van der Waals surface area (Å²) < 4.78 is 35.5.